The molecule has 1 heterocycles. The first-order chi connectivity index (χ1) is 18.7. The van der Waals surface area contributed by atoms with E-state index in [-0.39, 0.29) is 0 Å². The average molecular weight is 631 g/mol. The van der Waals surface area contributed by atoms with Crippen LogP contribution in [0.3, 0.4) is 0 Å². The Morgan fingerprint density at radius 3 is 2.32 bits per heavy atom. The molecule has 6 rings (SSSR count). The van der Waals surface area contributed by atoms with Crippen LogP contribution in [0.5, 0.6) is 0 Å². The molecule has 38 heavy (non-hydrogen) atoms. The van der Waals surface area contributed by atoms with Gasteiger partial charge in [0.05, 0.1) is 9.52 Å². The van der Waals surface area contributed by atoms with Crippen molar-refractivity contribution in [2.24, 2.45) is 0 Å². The molecule has 0 nitrogen and oxygen atoms in total. The van der Waals surface area contributed by atoms with Crippen LogP contribution in [0.1, 0.15) is 44.2 Å². The summed E-state index contributed by atoms with van der Waals surface area (Å²) >= 11 is -0.826. The van der Waals surface area contributed by atoms with Gasteiger partial charge < -0.3 is 0 Å². The Morgan fingerprint density at radius 2 is 1.55 bits per heavy atom. The van der Waals surface area contributed by atoms with Gasteiger partial charge in [-0.25, -0.2) is 0 Å². The molecule has 0 amide bonds. The fourth-order valence-electron chi connectivity index (χ4n) is 5.07. The summed E-state index contributed by atoms with van der Waals surface area (Å²) in [6, 6.07) is 38.5. The Kier molecular flexibility index (Phi) is 11.6. The van der Waals surface area contributed by atoms with Gasteiger partial charge in [-0.3, -0.25) is 0 Å². The maximum absolute atomic E-state index is 4.93. The fraction of sp³-hybridized carbons (Fsp3) is 0.206. The maximum Gasteiger partial charge on any atom is 0.0920 e. The summed E-state index contributed by atoms with van der Waals surface area (Å²) in [5.41, 5.74) is 8.54. The van der Waals surface area contributed by atoms with Crippen molar-refractivity contribution in [1.82, 2.24) is 0 Å². The van der Waals surface area contributed by atoms with Gasteiger partial charge in [0.1, 0.15) is 0 Å². The van der Waals surface area contributed by atoms with Crippen LogP contribution in [0.15, 0.2) is 97.1 Å². The summed E-state index contributed by atoms with van der Waals surface area (Å²) in [7, 11) is 10.7. The zero-order valence-corrected chi connectivity index (χ0v) is 27.0. The van der Waals surface area contributed by atoms with Crippen LogP contribution >= 0.6 is 17.0 Å². The van der Waals surface area contributed by atoms with Crippen LogP contribution in [-0.2, 0) is 33.7 Å². The third-order valence-corrected chi connectivity index (χ3v) is 8.14. The number of hydrogen-bond acceptors (Lipinski definition) is 0. The third kappa shape index (κ3) is 7.22. The van der Waals surface area contributed by atoms with E-state index < -0.39 is 20.8 Å². The molecule has 1 aliphatic heterocycles. The quantitative estimate of drug-likeness (QED) is 0.127. The first kappa shape index (κ1) is 29.2. The molecular weight excluding hydrogens is 599 g/mol. The molecule has 5 aromatic carbocycles. The summed E-state index contributed by atoms with van der Waals surface area (Å²) in [6.07, 6.45) is 6.06. The van der Waals surface area contributed by atoms with E-state index in [2.05, 4.69) is 111 Å². The molecule has 0 unspecified atom stereocenters. The van der Waals surface area contributed by atoms with Crippen molar-refractivity contribution < 1.29 is 20.8 Å². The van der Waals surface area contributed by atoms with Crippen LogP contribution in [0.2, 0.25) is 0 Å². The minimum Gasteiger partial charge on any atom is -0.184 e. The number of aryl methyl sites for hydroxylation is 2. The minimum atomic E-state index is -0.826. The van der Waals surface area contributed by atoms with Crippen molar-refractivity contribution in [3.8, 4) is 22.3 Å². The minimum absolute atomic E-state index is 0.795. The van der Waals surface area contributed by atoms with Gasteiger partial charge in [-0.2, -0.15) is 35.5 Å². The van der Waals surface area contributed by atoms with Crippen LogP contribution in [0.4, 0.5) is 0 Å². The molecule has 0 saturated heterocycles. The molecule has 0 bridgehead atoms. The third-order valence-electron chi connectivity index (χ3n) is 6.77. The molecule has 0 spiro atoms. The van der Waals surface area contributed by atoms with Crippen molar-refractivity contribution in [2.45, 2.75) is 46.0 Å². The predicted molar refractivity (Wildman–Crippen MR) is 165 cm³/mol. The molecule has 0 saturated carbocycles. The van der Waals surface area contributed by atoms with E-state index in [0.29, 0.717) is 0 Å². The molecule has 0 atom stereocenters. The SMILES string of the molecule is CCCCc1ccc2[cH-]c(CCC)cc2c1-c1ccccc1.[Cl][Zr+2][Cl].[c-]1cccc2c1[Si]c1ccccc1-2. The number of fused-ring (bicyclic) bond motifs is 4. The van der Waals surface area contributed by atoms with E-state index in [4.69, 9.17) is 17.0 Å². The van der Waals surface area contributed by atoms with Crippen molar-refractivity contribution in [2.75, 3.05) is 0 Å². The summed E-state index contributed by atoms with van der Waals surface area (Å²) in [5, 5.41) is 5.65. The summed E-state index contributed by atoms with van der Waals surface area (Å²) in [6.45, 7) is 4.52. The monoisotopic (exact) mass is 628 g/mol. The molecule has 1 aliphatic rings. The van der Waals surface area contributed by atoms with Gasteiger partial charge in [-0.05, 0) is 24.8 Å². The molecule has 0 N–H and O–H groups in total. The molecule has 2 radical (unpaired) electrons. The van der Waals surface area contributed by atoms with Gasteiger partial charge in [-0.1, -0.05) is 103 Å². The Bertz CT molecular complexity index is 1400. The Labute approximate surface area is 249 Å². The fourth-order valence-corrected chi connectivity index (χ4v) is 6.38. The second-order valence-corrected chi connectivity index (χ2v) is 14.4. The molecule has 4 heteroatoms. The summed E-state index contributed by atoms with van der Waals surface area (Å²) < 4.78 is 0. The Balaban J connectivity index is 0.000000177. The van der Waals surface area contributed by atoms with E-state index in [1.165, 1.54) is 86.6 Å². The van der Waals surface area contributed by atoms with Crippen molar-refractivity contribution in [1.29, 1.82) is 0 Å². The average Bonchev–Trinajstić information content (AvgIpc) is 3.54. The molecule has 190 valence electrons. The van der Waals surface area contributed by atoms with E-state index in [1.807, 2.05) is 6.07 Å². The Hall–Kier alpha value is -1.83. The van der Waals surface area contributed by atoms with Crippen molar-refractivity contribution in [3.05, 3.63) is 114 Å². The van der Waals surface area contributed by atoms with Crippen molar-refractivity contribution >= 4 is 47.7 Å². The van der Waals surface area contributed by atoms with E-state index >= 15 is 0 Å². The first-order valence-electron chi connectivity index (χ1n) is 13.3. The number of halogens is 2. The van der Waals surface area contributed by atoms with E-state index in [9.17, 15) is 0 Å². The maximum atomic E-state index is 4.93. The van der Waals surface area contributed by atoms with Crippen LogP contribution < -0.4 is 10.4 Å². The van der Waals surface area contributed by atoms with Crippen molar-refractivity contribution in [3.63, 3.8) is 0 Å². The first-order valence-corrected chi connectivity index (χ1v) is 20.6. The van der Waals surface area contributed by atoms with Crippen LogP contribution in [0, 0.1) is 6.07 Å². The van der Waals surface area contributed by atoms with Gasteiger partial charge in [0.15, 0.2) is 0 Å². The summed E-state index contributed by atoms with van der Waals surface area (Å²) in [5.74, 6) is 0. The van der Waals surface area contributed by atoms with Gasteiger partial charge in [-0.15, -0.1) is 40.1 Å². The van der Waals surface area contributed by atoms with Crippen LogP contribution in [-0.4, -0.2) is 9.52 Å². The number of benzene rings is 4. The smallest absolute Gasteiger partial charge is 0.0920 e. The molecule has 0 aliphatic carbocycles. The standard InChI is InChI=1S/C22H25.C12H7Si.2ClH.Zr/c1-3-5-10-19-13-14-20-15-17(9-4-2)16-21(20)22(19)18-11-7-6-8-12-18;1-3-7-11-9(5-1)10-6-2-4-8-12(10)13-11;;;/h6-8,11-16H,3-5,9-10H2,1-2H3;1-7H;2*1H;/q2*-1;;;+4/p-2. The van der Waals surface area contributed by atoms with Crippen LogP contribution in [0.25, 0.3) is 33.0 Å². The topological polar surface area (TPSA) is 0 Å². The number of unbranched alkanes of at least 4 members (excludes halogenated alkanes) is 1. The van der Waals surface area contributed by atoms with Gasteiger partial charge in [0, 0.05) is 0 Å². The van der Waals surface area contributed by atoms with Gasteiger partial charge >= 0.3 is 37.9 Å². The molecule has 0 aromatic heterocycles. The van der Waals surface area contributed by atoms with E-state index in [1.54, 1.807) is 0 Å². The Morgan fingerprint density at radius 1 is 0.816 bits per heavy atom. The number of rotatable bonds is 6. The predicted octanol–water partition coefficient (Wildman–Crippen LogP) is 9.02. The van der Waals surface area contributed by atoms with Gasteiger partial charge in [0.2, 0.25) is 0 Å². The largest absolute Gasteiger partial charge is 0.184 e. The number of hydrogen-bond donors (Lipinski definition) is 0. The normalized spacial score (nSPS) is 10.9. The summed E-state index contributed by atoms with van der Waals surface area (Å²) in [4.78, 5) is 0. The molecular formula is C34H32Cl2SiZr. The second-order valence-electron chi connectivity index (χ2n) is 9.39. The molecule has 5 aromatic rings. The zero-order chi connectivity index (χ0) is 26.7. The van der Waals surface area contributed by atoms with Gasteiger partial charge in [0.25, 0.3) is 0 Å². The van der Waals surface area contributed by atoms with E-state index in [0.717, 1.165) is 9.52 Å². The zero-order valence-electron chi connectivity index (χ0n) is 22.0. The molecule has 0 fully saturated rings. The second kappa shape index (κ2) is 15.1.